The highest BCUT2D eigenvalue weighted by Crippen LogP contribution is 2.36. The molecule has 0 saturated carbocycles. The molecule has 0 unspecified atom stereocenters. The SMILES string of the molecule is NCc1coc(OC(C(F)(F)F)C(F)(F)F)n1. The van der Waals surface area contributed by atoms with E-state index in [9.17, 15) is 26.3 Å². The summed E-state index contributed by atoms with van der Waals surface area (Å²) in [5.74, 6) is 0. The molecule has 0 aromatic carbocycles. The van der Waals surface area contributed by atoms with E-state index in [0.29, 0.717) is 0 Å². The molecule has 2 N–H and O–H groups in total. The monoisotopic (exact) mass is 264 g/mol. The van der Waals surface area contributed by atoms with E-state index in [1.807, 2.05) is 0 Å². The van der Waals surface area contributed by atoms with Crippen molar-refractivity contribution in [2.24, 2.45) is 5.73 Å². The molecule has 98 valence electrons. The van der Waals surface area contributed by atoms with Gasteiger partial charge in [-0.1, -0.05) is 0 Å². The molecular weight excluding hydrogens is 258 g/mol. The van der Waals surface area contributed by atoms with Crippen LogP contribution in [0.15, 0.2) is 10.7 Å². The molecular formula is C7H6F6N2O2. The third kappa shape index (κ3) is 3.51. The van der Waals surface area contributed by atoms with Gasteiger partial charge in [0.05, 0.1) is 5.69 Å². The van der Waals surface area contributed by atoms with Gasteiger partial charge in [-0.3, -0.25) is 0 Å². The zero-order valence-corrected chi connectivity index (χ0v) is 7.97. The van der Waals surface area contributed by atoms with Crippen molar-refractivity contribution in [2.75, 3.05) is 0 Å². The number of aromatic nitrogens is 1. The second-order valence-electron chi connectivity index (χ2n) is 2.89. The third-order valence-corrected chi connectivity index (χ3v) is 1.55. The summed E-state index contributed by atoms with van der Waals surface area (Å²) in [7, 11) is 0. The molecule has 4 nitrogen and oxygen atoms in total. The normalized spacial score (nSPS) is 13.2. The number of nitrogens with two attached hydrogens (primary N) is 1. The van der Waals surface area contributed by atoms with Crippen LogP contribution in [0.3, 0.4) is 0 Å². The van der Waals surface area contributed by atoms with E-state index in [4.69, 9.17) is 5.73 Å². The predicted octanol–water partition coefficient (Wildman–Crippen LogP) is 2.01. The zero-order chi connectivity index (χ0) is 13.3. The van der Waals surface area contributed by atoms with Gasteiger partial charge in [-0.05, 0) is 0 Å². The highest BCUT2D eigenvalue weighted by molar-refractivity contribution is 5.00. The Bertz CT molecular complexity index is 357. The minimum Gasteiger partial charge on any atom is -0.427 e. The maximum absolute atomic E-state index is 12.1. The minimum atomic E-state index is -5.62. The molecule has 0 saturated heterocycles. The Kier molecular flexibility index (Phi) is 3.55. The van der Waals surface area contributed by atoms with Gasteiger partial charge in [0, 0.05) is 6.54 Å². The van der Waals surface area contributed by atoms with Crippen molar-refractivity contribution in [3.63, 3.8) is 0 Å². The molecule has 0 atom stereocenters. The summed E-state index contributed by atoms with van der Waals surface area (Å²) < 4.78 is 80.2. The van der Waals surface area contributed by atoms with Crippen molar-refractivity contribution in [3.8, 4) is 6.08 Å². The summed E-state index contributed by atoms with van der Waals surface area (Å²) in [5, 5.41) is 0. The van der Waals surface area contributed by atoms with Crippen LogP contribution in [0.4, 0.5) is 26.3 Å². The largest absolute Gasteiger partial charge is 0.434 e. The Morgan fingerprint density at radius 3 is 2.12 bits per heavy atom. The Morgan fingerprint density at radius 1 is 1.24 bits per heavy atom. The van der Waals surface area contributed by atoms with Crippen LogP contribution in [0.1, 0.15) is 5.69 Å². The molecule has 0 radical (unpaired) electrons. The van der Waals surface area contributed by atoms with Crippen LogP contribution in [0.5, 0.6) is 6.08 Å². The molecule has 0 aliphatic heterocycles. The molecule has 0 spiro atoms. The molecule has 0 fully saturated rings. The molecule has 1 aromatic rings. The van der Waals surface area contributed by atoms with E-state index in [-0.39, 0.29) is 12.2 Å². The smallest absolute Gasteiger partial charge is 0.427 e. The molecule has 0 amide bonds. The lowest BCUT2D eigenvalue weighted by Gasteiger charge is -2.21. The zero-order valence-electron chi connectivity index (χ0n) is 7.97. The summed E-state index contributed by atoms with van der Waals surface area (Å²) >= 11 is 0. The maximum atomic E-state index is 12.1. The van der Waals surface area contributed by atoms with E-state index in [1.165, 1.54) is 0 Å². The number of nitrogens with zero attached hydrogens (tertiary/aromatic N) is 1. The quantitative estimate of drug-likeness (QED) is 0.848. The van der Waals surface area contributed by atoms with Crippen molar-refractivity contribution in [2.45, 2.75) is 25.0 Å². The summed E-state index contributed by atoms with van der Waals surface area (Å²) in [6.45, 7) is -0.199. The fourth-order valence-corrected chi connectivity index (χ4v) is 0.856. The first kappa shape index (κ1) is 13.6. The average molecular weight is 264 g/mol. The lowest BCUT2D eigenvalue weighted by molar-refractivity contribution is -0.303. The van der Waals surface area contributed by atoms with Crippen molar-refractivity contribution >= 4 is 0 Å². The van der Waals surface area contributed by atoms with Gasteiger partial charge in [0.1, 0.15) is 6.26 Å². The molecule has 1 aromatic heterocycles. The van der Waals surface area contributed by atoms with Crippen molar-refractivity contribution in [1.82, 2.24) is 4.98 Å². The summed E-state index contributed by atoms with van der Waals surface area (Å²) in [5.41, 5.74) is 5.02. The van der Waals surface area contributed by atoms with Crippen LogP contribution in [0.25, 0.3) is 0 Å². The first-order chi connectivity index (χ1) is 7.64. The van der Waals surface area contributed by atoms with E-state index in [1.54, 1.807) is 0 Å². The summed E-state index contributed by atoms with van der Waals surface area (Å²) in [6, 6.07) is 0. The number of rotatable bonds is 3. The lowest BCUT2D eigenvalue weighted by atomic mass is 10.3. The average Bonchev–Trinajstić information content (AvgIpc) is 2.58. The molecule has 0 aliphatic rings. The fourth-order valence-electron chi connectivity index (χ4n) is 0.856. The van der Waals surface area contributed by atoms with Crippen LogP contribution in [0.2, 0.25) is 0 Å². The van der Waals surface area contributed by atoms with Gasteiger partial charge in [0.2, 0.25) is 0 Å². The third-order valence-electron chi connectivity index (χ3n) is 1.55. The molecule has 1 rings (SSSR count). The molecule has 0 bridgehead atoms. The Hall–Kier alpha value is -1.45. The second-order valence-corrected chi connectivity index (χ2v) is 2.89. The van der Waals surface area contributed by atoms with Crippen LogP contribution in [-0.4, -0.2) is 23.4 Å². The summed E-state index contributed by atoms with van der Waals surface area (Å²) in [4.78, 5) is 3.18. The number of halogens is 6. The fraction of sp³-hybridized carbons (Fsp3) is 0.571. The van der Waals surface area contributed by atoms with Gasteiger partial charge in [0.25, 0.3) is 6.10 Å². The minimum absolute atomic E-state index is 0.0249. The van der Waals surface area contributed by atoms with Crippen molar-refractivity contribution < 1.29 is 35.5 Å². The van der Waals surface area contributed by atoms with Gasteiger partial charge < -0.3 is 14.9 Å². The van der Waals surface area contributed by atoms with Crippen LogP contribution < -0.4 is 10.5 Å². The second kappa shape index (κ2) is 4.43. The van der Waals surface area contributed by atoms with Gasteiger partial charge in [-0.25, -0.2) is 0 Å². The molecule has 1 heterocycles. The van der Waals surface area contributed by atoms with Crippen molar-refractivity contribution in [1.29, 1.82) is 0 Å². The van der Waals surface area contributed by atoms with E-state index >= 15 is 0 Å². The van der Waals surface area contributed by atoms with E-state index < -0.39 is 24.5 Å². The predicted molar refractivity (Wildman–Crippen MR) is 40.9 cm³/mol. The first-order valence-electron chi connectivity index (χ1n) is 4.09. The number of hydrogen-bond acceptors (Lipinski definition) is 4. The maximum Gasteiger partial charge on any atom is 0.434 e. The van der Waals surface area contributed by atoms with Crippen LogP contribution in [0, 0.1) is 0 Å². The van der Waals surface area contributed by atoms with Gasteiger partial charge >= 0.3 is 18.4 Å². The van der Waals surface area contributed by atoms with Gasteiger partial charge in [0.15, 0.2) is 0 Å². The van der Waals surface area contributed by atoms with Gasteiger partial charge in [-0.2, -0.15) is 31.3 Å². The highest BCUT2D eigenvalue weighted by atomic mass is 19.4. The topological polar surface area (TPSA) is 61.3 Å². The molecule has 17 heavy (non-hydrogen) atoms. The summed E-state index contributed by atoms with van der Waals surface area (Å²) in [6.07, 6.45) is -15.5. The Morgan fingerprint density at radius 2 is 1.76 bits per heavy atom. The Balaban J connectivity index is 2.87. The molecule has 10 heteroatoms. The number of oxazole rings is 1. The van der Waals surface area contributed by atoms with Crippen LogP contribution in [-0.2, 0) is 6.54 Å². The number of hydrogen-bond donors (Lipinski definition) is 1. The first-order valence-corrected chi connectivity index (χ1v) is 4.09. The van der Waals surface area contributed by atoms with E-state index in [2.05, 4.69) is 14.1 Å². The van der Waals surface area contributed by atoms with Crippen LogP contribution >= 0.6 is 0 Å². The molecule has 0 aliphatic carbocycles. The lowest BCUT2D eigenvalue weighted by Crippen LogP contribution is -2.46. The Labute approximate surface area is 90.4 Å². The standard InChI is InChI=1S/C7H6F6N2O2/c8-6(9,10)4(7(11,12)13)17-5-15-3(1-14)2-16-5/h2,4H,1,14H2. The van der Waals surface area contributed by atoms with E-state index in [0.717, 1.165) is 6.26 Å². The van der Waals surface area contributed by atoms with Gasteiger partial charge in [-0.15, -0.1) is 0 Å². The van der Waals surface area contributed by atoms with Crippen molar-refractivity contribution in [3.05, 3.63) is 12.0 Å². The highest BCUT2D eigenvalue weighted by Gasteiger charge is 2.59. The number of alkyl halides is 6. The number of ether oxygens (including phenoxy) is 1.